The zero-order chi connectivity index (χ0) is 20.2. The smallest absolute Gasteiger partial charge is 0.241 e. The molecule has 27 heavy (non-hydrogen) atoms. The molecule has 0 aromatic heterocycles. The van der Waals surface area contributed by atoms with Gasteiger partial charge in [-0.05, 0) is 25.7 Å². The third-order valence-corrected chi connectivity index (χ3v) is 3.61. The van der Waals surface area contributed by atoms with Crippen molar-refractivity contribution in [3.63, 3.8) is 0 Å². The summed E-state index contributed by atoms with van der Waals surface area (Å²) >= 11 is 0. The molecular weight excluding hydrogens is 342 g/mol. The van der Waals surface area contributed by atoms with Crippen LogP contribution in [0.1, 0.15) is 45.4 Å². The highest BCUT2D eigenvalue weighted by atomic mass is 16.6. The normalized spacial score (nSPS) is 15.2. The van der Waals surface area contributed by atoms with Gasteiger partial charge in [0.25, 0.3) is 0 Å². The maximum Gasteiger partial charge on any atom is 0.241 e. The predicted molar refractivity (Wildman–Crippen MR) is 111 cm³/mol. The van der Waals surface area contributed by atoms with Gasteiger partial charge < -0.3 is 9.90 Å². The maximum atomic E-state index is 11.0. The van der Waals surface area contributed by atoms with Gasteiger partial charge in [-0.2, -0.15) is 0 Å². The van der Waals surface area contributed by atoms with Crippen LogP contribution in [0.25, 0.3) is 0 Å². The molecule has 2 unspecified atom stereocenters. The molecule has 0 saturated heterocycles. The molecule has 5 heteroatoms. The predicted octanol–water partition coefficient (Wildman–Crippen LogP) is 4.89. The van der Waals surface area contributed by atoms with Crippen LogP contribution in [0.5, 0.6) is 0 Å². The van der Waals surface area contributed by atoms with Crippen LogP contribution in [-0.4, -0.2) is 28.5 Å². The van der Waals surface area contributed by atoms with Gasteiger partial charge in [-0.15, -0.1) is 0 Å². The van der Waals surface area contributed by atoms with Gasteiger partial charge in [-0.3, -0.25) is 10.1 Å². The van der Waals surface area contributed by atoms with Crippen molar-refractivity contribution >= 4 is 6.29 Å². The zero-order valence-electron chi connectivity index (χ0n) is 16.0. The fraction of sp³-hybridized carbons (Fsp3) is 0.409. The average Bonchev–Trinajstić information content (AvgIpc) is 2.65. The Hall–Kier alpha value is -2.53. The molecule has 0 aliphatic rings. The molecule has 148 valence electrons. The van der Waals surface area contributed by atoms with E-state index < -0.39 is 17.1 Å². The molecule has 0 aromatic carbocycles. The van der Waals surface area contributed by atoms with Crippen LogP contribution < -0.4 is 0 Å². The molecule has 0 spiro atoms. The molecule has 0 radical (unpaired) electrons. The summed E-state index contributed by atoms with van der Waals surface area (Å²) in [5, 5.41) is 20.7. The molecule has 2 atom stereocenters. The van der Waals surface area contributed by atoms with E-state index in [9.17, 15) is 20.0 Å². The number of carbonyl (C=O) groups is 1. The van der Waals surface area contributed by atoms with E-state index in [0.717, 1.165) is 19.3 Å². The van der Waals surface area contributed by atoms with Gasteiger partial charge in [-0.1, -0.05) is 79.8 Å². The van der Waals surface area contributed by atoms with E-state index in [0.29, 0.717) is 6.29 Å². The van der Waals surface area contributed by atoms with Crippen molar-refractivity contribution in [3.05, 3.63) is 83.0 Å². The standard InChI is InChI=1S/C22H31NO4/c1-2-3-4-5-6-7-8-9-10-11-12-13-14-15-16-18-21(23(26)27)22(25)19-17-20-24/h3-4,6-7,9-16,20-22,25H,2,5,8,17-19H2,1H3/b4-3-,7-6-,10-9-,12-11-,14-13-,16-15-. The number of carbonyl (C=O) groups excluding carboxylic acids is 1. The second-order valence-electron chi connectivity index (χ2n) is 5.85. The van der Waals surface area contributed by atoms with Gasteiger partial charge in [0.15, 0.2) is 0 Å². The molecule has 0 aliphatic carbocycles. The Bertz CT molecular complexity index is 571. The van der Waals surface area contributed by atoms with Crippen LogP contribution in [0.4, 0.5) is 0 Å². The lowest BCUT2D eigenvalue weighted by Crippen LogP contribution is -2.33. The van der Waals surface area contributed by atoms with Crippen molar-refractivity contribution in [1.29, 1.82) is 0 Å². The summed E-state index contributed by atoms with van der Waals surface area (Å²) in [5.74, 6) is 0. The van der Waals surface area contributed by atoms with E-state index in [1.807, 2.05) is 24.3 Å². The van der Waals surface area contributed by atoms with Crippen LogP contribution in [0.2, 0.25) is 0 Å². The van der Waals surface area contributed by atoms with Gasteiger partial charge >= 0.3 is 0 Å². The Kier molecular flexibility index (Phi) is 16.6. The highest BCUT2D eigenvalue weighted by Crippen LogP contribution is 2.09. The third kappa shape index (κ3) is 15.4. The molecule has 0 heterocycles. The SMILES string of the molecule is CC/C=C\C/C=C\C\C=C/C=C\C=C/C=C\CC(C(O)CCC=O)[N+](=O)[O-]. The van der Waals surface area contributed by atoms with Crippen LogP contribution in [-0.2, 0) is 4.79 Å². The number of nitrogens with zero attached hydrogens (tertiary/aromatic N) is 1. The Morgan fingerprint density at radius 2 is 1.44 bits per heavy atom. The number of hydrogen-bond acceptors (Lipinski definition) is 4. The quantitative estimate of drug-likeness (QED) is 0.146. The number of aliphatic hydroxyl groups is 1. The summed E-state index contributed by atoms with van der Waals surface area (Å²) in [6, 6.07) is -1.08. The summed E-state index contributed by atoms with van der Waals surface area (Å²) < 4.78 is 0. The van der Waals surface area contributed by atoms with E-state index in [1.54, 1.807) is 18.2 Å². The first kappa shape index (κ1) is 24.5. The summed E-state index contributed by atoms with van der Waals surface area (Å²) in [7, 11) is 0. The highest BCUT2D eigenvalue weighted by molar-refractivity contribution is 5.49. The Morgan fingerprint density at radius 3 is 2.04 bits per heavy atom. The van der Waals surface area contributed by atoms with Crippen molar-refractivity contribution in [2.24, 2.45) is 0 Å². The van der Waals surface area contributed by atoms with Gasteiger partial charge in [0.1, 0.15) is 12.4 Å². The first-order valence-corrected chi connectivity index (χ1v) is 9.33. The fourth-order valence-corrected chi connectivity index (χ4v) is 2.14. The molecule has 0 amide bonds. The van der Waals surface area contributed by atoms with Crippen molar-refractivity contribution in [3.8, 4) is 0 Å². The molecule has 0 bridgehead atoms. The van der Waals surface area contributed by atoms with Crippen LogP contribution in [0, 0.1) is 10.1 Å². The summed E-state index contributed by atoms with van der Waals surface area (Å²) in [6.45, 7) is 2.12. The third-order valence-electron chi connectivity index (χ3n) is 3.61. The van der Waals surface area contributed by atoms with Gasteiger partial charge in [-0.25, -0.2) is 0 Å². The summed E-state index contributed by atoms with van der Waals surface area (Å²) in [4.78, 5) is 20.8. The fourth-order valence-electron chi connectivity index (χ4n) is 2.14. The molecule has 0 saturated carbocycles. The van der Waals surface area contributed by atoms with Crippen molar-refractivity contribution in [2.75, 3.05) is 0 Å². The molecule has 5 nitrogen and oxygen atoms in total. The van der Waals surface area contributed by atoms with E-state index in [-0.39, 0.29) is 19.3 Å². The first-order chi connectivity index (χ1) is 13.1. The number of aliphatic hydroxyl groups excluding tert-OH is 1. The molecule has 0 aliphatic heterocycles. The van der Waals surface area contributed by atoms with Crippen LogP contribution in [0.3, 0.4) is 0 Å². The van der Waals surface area contributed by atoms with Crippen molar-refractivity contribution < 1.29 is 14.8 Å². The maximum absolute atomic E-state index is 11.0. The lowest BCUT2D eigenvalue weighted by Gasteiger charge is -2.13. The first-order valence-electron chi connectivity index (χ1n) is 9.33. The van der Waals surface area contributed by atoms with Crippen LogP contribution in [0.15, 0.2) is 72.9 Å². The molecular formula is C22H31NO4. The minimum atomic E-state index is -1.11. The van der Waals surface area contributed by atoms with Crippen LogP contribution >= 0.6 is 0 Å². The van der Waals surface area contributed by atoms with Crippen molar-refractivity contribution in [1.82, 2.24) is 0 Å². The second-order valence-corrected chi connectivity index (χ2v) is 5.85. The van der Waals surface area contributed by atoms with Gasteiger partial charge in [0, 0.05) is 17.8 Å². The highest BCUT2D eigenvalue weighted by Gasteiger charge is 2.27. The van der Waals surface area contributed by atoms with E-state index >= 15 is 0 Å². The van der Waals surface area contributed by atoms with E-state index in [1.165, 1.54) is 0 Å². The summed E-state index contributed by atoms with van der Waals surface area (Å²) in [5.41, 5.74) is 0. The van der Waals surface area contributed by atoms with E-state index in [2.05, 4.69) is 37.3 Å². The number of nitro groups is 1. The minimum absolute atomic E-state index is 0.110. The Balaban J connectivity index is 4.09. The van der Waals surface area contributed by atoms with Crippen molar-refractivity contribution in [2.45, 2.75) is 57.6 Å². The average molecular weight is 373 g/mol. The number of rotatable bonds is 15. The summed E-state index contributed by atoms with van der Waals surface area (Å²) in [6.07, 6.45) is 26.2. The largest absolute Gasteiger partial charge is 0.386 e. The molecule has 1 N–H and O–H groups in total. The topological polar surface area (TPSA) is 80.4 Å². The van der Waals surface area contributed by atoms with E-state index in [4.69, 9.17) is 0 Å². The number of hydrogen-bond donors (Lipinski definition) is 1. The molecule has 0 rings (SSSR count). The molecule has 0 aromatic rings. The Labute approximate surface area is 162 Å². The Morgan fingerprint density at radius 1 is 0.889 bits per heavy atom. The number of aldehydes is 1. The van der Waals surface area contributed by atoms with Gasteiger partial charge in [0.05, 0.1) is 0 Å². The lowest BCUT2D eigenvalue weighted by atomic mass is 10.0. The minimum Gasteiger partial charge on any atom is -0.386 e. The molecule has 0 fully saturated rings. The second kappa shape index (κ2) is 18.3. The lowest BCUT2D eigenvalue weighted by molar-refractivity contribution is -0.533. The zero-order valence-corrected chi connectivity index (χ0v) is 16.0. The number of allylic oxidation sites excluding steroid dienone is 11. The monoisotopic (exact) mass is 373 g/mol. The van der Waals surface area contributed by atoms with Gasteiger partial charge in [0.2, 0.25) is 6.04 Å².